The molecule has 0 aromatic rings. The van der Waals surface area contributed by atoms with E-state index in [-0.39, 0.29) is 10.8 Å². The van der Waals surface area contributed by atoms with Crippen LogP contribution in [0.5, 0.6) is 0 Å². The van der Waals surface area contributed by atoms with Crippen molar-refractivity contribution in [1.29, 1.82) is 0 Å². The van der Waals surface area contributed by atoms with Gasteiger partial charge in [-0.3, -0.25) is 4.79 Å². The quantitative estimate of drug-likeness (QED) is 0.685. The number of allylic oxidation sites excluding steroid dienone is 3. The highest BCUT2D eigenvalue weighted by molar-refractivity contribution is 5.91. The normalized spacial score (nSPS) is 53.5. The summed E-state index contributed by atoms with van der Waals surface area (Å²) >= 11 is 0. The number of fused-ring (bicyclic) bond motifs is 5. The Kier molecular flexibility index (Phi) is 2.90. The number of aliphatic hydroxyl groups is 1. The fourth-order valence-corrected chi connectivity index (χ4v) is 6.24. The van der Waals surface area contributed by atoms with E-state index in [1.165, 1.54) is 18.4 Å². The standard InChI is InChI=1S/C20H28O2/c1-18-9-6-14(21)12-13(18)4-5-15-16(18)7-10-19(2)17(15)8-11-20(19,3)22/h8,11-12,15-17,22H,4-7,9-10H2,1-3H3/t15?,16?,17?,18?,19?,20-/m0/s1. The second-order valence-corrected chi connectivity index (χ2v) is 8.85. The van der Waals surface area contributed by atoms with Gasteiger partial charge >= 0.3 is 0 Å². The first-order chi connectivity index (χ1) is 10.3. The van der Waals surface area contributed by atoms with Crippen LogP contribution in [0.15, 0.2) is 23.8 Å². The van der Waals surface area contributed by atoms with Gasteiger partial charge in [0.15, 0.2) is 5.78 Å². The SMILES string of the molecule is CC12CCC(=O)C=C1CCC1C2CCC2(C)C1C=C[C@]2(C)O. The minimum absolute atomic E-state index is 0.00374. The molecule has 0 aliphatic heterocycles. The smallest absolute Gasteiger partial charge is 0.155 e. The second-order valence-electron chi connectivity index (χ2n) is 8.85. The van der Waals surface area contributed by atoms with Crippen molar-refractivity contribution >= 4 is 5.78 Å². The molecule has 0 saturated heterocycles. The van der Waals surface area contributed by atoms with Crippen LogP contribution in [0.4, 0.5) is 0 Å². The molecule has 2 fully saturated rings. The summed E-state index contributed by atoms with van der Waals surface area (Å²) < 4.78 is 0. The van der Waals surface area contributed by atoms with E-state index in [1.54, 1.807) is 0 Å². The molecule has 0 amide bonds. The van der Waals surface area contributed by atoms with Gasteiger partial charge in [-0.2, -0.15) is 0 Å². The maximum Gasteiger partial charge on any atom is 0.155 e. The van der Waals surface area contributed by atoms with Crippen molar-refractivity contribution < 1.29 is 9.90 Å². The van der Waals surface area contributed by atoms with E-state index in [1.807, 2.05) is 13.0 Å². The molecule has 0 heterocycles. The van der Waals surface area contributed by atoms with Gasteiger partial charge in [-0.1, -0.05) is 31.6 Å². The van der Waals surface area contributed by atoms with Crippen molar-refractivity contribution in [3.05, 3.63) is 23.8 Å². The van der Waals surface area contributed by atoms with Gasteiger partial charge in [0.05, 0.1) is 5.60 Å². The largest absolute Gasteiger partial charge is 0.385 e. The van der Waals surface area contributed by atoms with E-state index >= 15 is 0 Å². The second kappa shape index (κ2) is 4.35. The summed E-state index contributed by atoms with van der Waals surface area (Å²) in [5.41, 5.74) is 0.973. The highest BCUT2D eigenvalue weighted by Crippen LogP contribution is 2.65. The molecule has 0 aromatic heterocycles. The summed E-state index contributed by atoms with van der Waals surface area (Å²) in [6.07, 6.45) is 12.6. The Bertz CT molecular complexity index is 585. The molecular weight excluding hydrogens is 272 g/mol. The Balaban J connectivity index is 1.71. The van der Waals surface area contributed by atoms with Crippen LogP contribution in [0.25, 0.3) is 0 Å². The van der Waals surface area contributed by atoms with Gasteiger partial charge in [0.25, 0.3) is 0 Å². The first kappa shape index (κ1) is 14.7. The minimum atomic E-state index is -0.664. The van der Waals surface area contributed by atoms with E-state index in [0.717, 1.165) is 25.7 Å². The molecule has 22 heavy (non-hydrogen) atoms. The average molecular weight is 300 g/mol. The number of hydrogen-bond donors (Lipinski definition) is 1. The molecule has 5 unspecified atom stereocenters. The molecule has 4 aliphatic carbocycles. The lowest BCUT2D eigenvalue weighted by molar-refractivity contribution is -0.120. The van der Waals surface area contributed by atoms with Crippen LogP contribution >= 0.6 is 0 Å². The fraction of sp³-hybridized carbons (Fsp3) is 0.750. The summed E-state index contributed by atoms with van der Waals surface area (Å²) in [6.45, 7) is 6.67. The zero-order valence-corrected chi connectivity index (χ0v) is 14.1. The third kappa shape index (κ3) is 1.68. The highest BCUT2D eigenvalue weighted by Gasteiger charge is 2.60. The summed E-state index contributed by atoms with van der Waals surface area (Å²) in [5, 5.41) is 10.8. The van der Waals surface area contributed by atoms with Crippen molar-refractivity contribution in [3.63, 3.8) is 0 Å². The van der Waals surface area contributed by atoms with E-state index in [0.29, 0.717) is 23.5 Å². The molecule has 6 atom stereocenters. The van der Waals surface area contributed by atoms with Crippen LogP contribution in [-0.4, -0.2) is 16.5 Å². The van der Waals surface area contributed by atoms with E-state index in [9.17, 15) is 9.90 Å². The Labute approximate surface area is 133 Å². The molecule has 2 heteroatoms. The zero-order chi connectivity index (χ0) is 15.8. The van der Waals surface area contributed by atoms with E-state index < -0.39 is 5.60 Å². The Morgan fingerprint density at radius 2 is 1.91 bits per heavy atom. The van der Waals surface area contributed by atoms with E-state index in [2.05, 4.69) is 26.0 Å². The molecule has 0 radical (unpaired) electrons. The van der Waals surface area contributed by atoms with Gasteiger partial charge in [-0.15, -0.1) is 0 Å². The predicted octanol–water partition coefficient (Wildman–Crippen LogP) is 4.05. The van der Waals surface area contributed by atoms with Gasteiger partial charge in [-0.05, 0) is 68.3 Å². The van der Waals surface area contributed by atoms with Crippen molar-refractivity contribution in [2.75, 3.05) is 0 Å². The molecule has 0 aromatic carbocycles. The zero-order valence-electron chi connectivity index (χ0n) is 14.1. The predicted molar refractivity (Wildman–Crippen MR) is 87.2 cm³/mol. The molecule has 1 N–H and O–H groups in total. The molecule has 2 saturated carbocycles. The Morgan fingerprint density at radius 1 is 1.14 bits per heavy atom. The van der Waals surface area contributed by atoms with Crippen molar-refractivity contribution in [2.45, 2.75) is 64.9 Å². The Hall–Kier alpha value is -0.890. The average Bonchev–Trinajstić information content (AvgIpc) is 2.70. The molecule has 4 rings (SSSR count). The van der Waals surface area contributed by atoms with Crippen LogP contribution in [0.1, 0.15) is 59.3 Å². The summed E-state index contributed by atoms with van der Waals surface area (Å²) in [5.74, 6) is 2.17. The van der Waals surface area contributed by atoms with Crippen molar-refractivity contribution in [2.24, 2.45) is 28.6 Å². The van der Waals surface area contributed by atoms with Gasteiger partial charge in [0.2, 0.25) is 0 Å². The van der Waals surface area contributed by atoms with Gasteiger partial charge in [0.1, 0.15) is 0 Å². The summed E-state index contributed by atoms with van der Waals surface area (Å²) in [4.78, 5) is 11.8. The Morgan fingerprint density at radius 3 is 2.68 bits per heavy atom. The first-order valence-electron chi connectivity index (χ1n) is 8.94. The number of carbonyl (C=O) groups excluding carboxylic acids is 1. The van der Waals surface area contributed by atoms with Crippen LogP contribution in [0.2, 0.25) is 0 Å². The minimum Gasteiger partial charge on any atom is -0.385 e. The van der Waals surface area contributed by atoms with Crippen LogP contribution in [0.3, 0.4) is 0 Å². The van der Waals surface area contributed by atoms with Crippen LogP contribution in [-0.2, 0) is 4.79 Å². The topological polar surface area (TPSA) is 37.3 Å². The third-order valence-electron chi connectivity index (χ3n) is 8.00. The molecular formula is C20H28O2. The van der Waals surface area contributed by atoms with Crippen molar-refractivity contribution in [3.8, 4) is 0 Å². The van der Waals surface area contributed by atoms with Gasteiger partial charge in [-0.25, -0.2) is 0 Å². The fourth-order valence-electron chi connectivity index (χ4n) is 6.24. The lowest BCUT2D eigenvalue weighted by atomic mass is 9.46. The number of carbonyl (C=O) groups is 1. The van der Waals surface area contributed by atoms with Crippen LogP contribution < -0.4 is 0 Å². The lowest BCUT2D eigenvalue weighted by Gasteiger charge is -2.58. The molecule has 120 valence electrons. The number of ketones is 1. The maximum atomic E-state index is 11.8. The highest BCUT2D eigenvalue weighted by atomic mass is 16.3. The molecule has 0 bridgehead atoms. The molecule has 0 spiro atoms. The van der Waals surface area contributed by atoms with Crippen molar-refractivity contribution in [1.82, 2.24) is 0 Å². The summed E-state index contributed by atoms with van der Waals surface area (Å²) in [6, 6.07) is 0. The maximum absolute atomic E-state index is 11.8. The molecule has 4 aliphatic rings. The van der Waals surface area contributed by atoms with E-state index in [4.69, 9.17) is 0 Å². The summed E-state index contributed by atoms with van der Waals surface area (Å²) in [7, 11) is 0. The lowest BCUT2D eigenvalue weighted by Crippen LogP contribution is -2.54. The van der Waals surface area contributed by atoms with Crippen LogP contribution in [0, 0.1) is 28.6 Å². The first-order valence-corrected chi connectivity index (χ1v) is 8.94. The van der Waals surface area contributed by atoms with Gasteiger partial charge < -0.3 is 5.11 Å². The monoisotopic (exact) mass is 300 g/mol. The molecule has 2 nitrogen and oxygen atoms in total. The number of rotatable bonds is 0. The van der Waals surface area contributed by atoms with Gasteiger partial charge in [0, 0.05) is 11.8 Å². The third-order valence-corrected chi connectivity index (χ3v) is 8.00. The number of hydrogen-bond acceptors (Lipinski definition) is 2.